The molecule has 0 amide bonds. The average molecular weight is 259 g/mol. The van der Waals surface area contributed by atoms with Crippen LogP contribution in [0, 0.1) is 5.82 Å². The number of halogens is 1. The first kappa shape index (κ1) is 12.2. The Kier molecular flexibility index (Phi) is 2.62. The third-order valence-electron chi connectivity index (χ3n) is 3.96. The van der Waals surface area contributed by atoms with Gasteiger partial charge in [-0.2, -0.15) is 5.10 Å². The molecule has 0 radical (unpaired) electrons. The van der Waals surface area contributed by atoms with Crippen LogP contribution in [0.1, 0.15) is 37.9 Å². The molecule has 0 saturated carbocycles. The second-order valence-electron chi connectivity index (χ2n) is 5.83. The van der Waals surface area contributed by atoms with Crippen LogP contribution in [0.5, 0.6) is 0 Å². The first-order chi connectivity index (χ1) is 8.99. The van der Waals surface area contributed by atoms with Gasteiger partial charge in [0.1, 0.15) is 11.6 Å². The van der Waals surface area contributed by atoms with Crippen molar-refractivity contribution >= 4 is 5.82 Å². The Morgan fingerprint density at radius 2 is 1.95 bits per heavy atom. The first-order valence-electron chi connectivity index (χ1n) is 6.63. The summed E-state index contributed by atoms with van der Waals surface area (Å²) >= 11 is 0. The lowest BCUT2D eigenvalue weighted by Crippen LogP contribution is -2.24. The van der Waals surface area contributed by atoms with Crippen LogP contribution >= 0.6 is 0 Å². The fourth-order valence-electron chi connectivity index (χ4n) is 2.99. The smallest absolute Gasteiger partial charge is 0.131 e. The maximum atomic E-state index is 13.0. The number of fused-ring (bicyclic) bond motifs is 1. The molecule has 100 valence electrons. The molecule has 0 fully saturated rings. The van der Waals surface area contributed by atoms with Crippen molar-refractivity contribution in [1.29, 1.82) is 0 Å². The number of hydrogen-bond acceptors (Lipinski definition) is 2. The van der Waals surface area contributed by atoms with Crippen molar-refractivity contribution in [3.63, 3.8) is 0 Å². The molecule has 0 aliphatic heterocycles. The summed E-state index contributed by atoms with van der Waals surface area (Å²) in [7, 11) is 0. The summed E-state index contributed by atoms with van der Waals surface area (Å²) in [4.78, 5) is 0. The van der Waals surface area contributed by atoms with E-state index in [2.05, 4.69) is 18.9 Å². The molecule has 0 unspecified atom stereocenters. The van der Waals surface area contributed by atoms with E-state index in [-0.39, 0.29) is 11.2 Å². The molecule has 3 rings (SSSR count). The molecular weight excluding hydrogens is 241 g/mol. The summed E-state index contributed by atoms with van der Waals surface area (Å²) in [6.07, 6.45) is 3.23. The third-order valence-corrected chi connectivity index (χ3v) is 3.96. The van der Waals surface area contributed by atoms with Crippen LogP contribution in [-0.4, -0.2) is 9.78 Å². The molecule has 1 aliphatic rings. The molecule has 19 heavy (non-hydrogen) atoms. The van der Waals surface area contributed by atoms with E-state index in [9.17, 15) is 4.39 Å². The number of nitrogen functional groups attached to an aromatic ring is 1. The molecule has 2 aromatic rings. The van der Waals surface area contributed by atoms with Crippen molar-refractivity contribution < 1.29 is 4.39 Å². The van der Waals surface area contributed by atoms with E-state index in [4.69, 9.17) is 5.73 Å². The standard InChI is InChI=1S/C15H18FN3/c1-15(2)9-3-4-12-13(15)14(17)19(18-12)11-7-5-10(16)6-8-11/h5-8H,3-4,9,17H2,1-2H3. The maximum Gasteiger partial charge on any atom is 0.131 e. The Morgan fingerprint density at radius 3 is 2.58 bits per heavy atom. The Bertz CT molecular complexity index is 611. The van der Waals surface area contributed by atoms with Crippen molar-refractivity contribution in [2.24, 2.45) is 0 Å². The minimum atomic E-state index is -0.250. The molecule has 0 atom stereocenters. The number of anilines is 1. The van der Waals surface area contributed by atoms with Crippen LogP contribution in [-0.2, 0) is 11.8 Å². The van der Waals surface area contributed by atoms with Crippen LogP contribution in [0.2, 0.25) is 0 Å². The quantitative estimate of drug-likeness (QED) is 0.854. The van der Waals surface area contributed by atoms with Crippen LogP contribution in [0.4, 0.5) is 10.2 Å². The van der Waals surface area contributed by atoms with Crippen molar-refractivity contribution in [2.45, 2.75) is 38.5 Å². The zero-order valence-corrected chi connectivity index (χ0v) is 11.3. The Morgan fingerprint density at radius 1 is 1.26 bits per heavy atom. The molecule has 3 nitrogen and oxygen atoms in total. The predicted octanol–water partition coefficient (Wildman–Crippen LogP) is 3.21. The van der Waals surface area contributed by atoms with Gasteiger partial charge < -0.3 is 5.73 Å². The third kappa shape index (κ3) is 1.91. The molecule has 1 aliphatic carbocycles. The minimum absolute atomic E-state index is 0.0654. The molecule has 0 saturated heterocycles. The maximum absolute atomic E-state index is 13.0. The van der Waals surface area contributed by atoms with E-state index in [1.165, 1.54) is 12.1 Å². The van der Waals surface area contributed by atoms with E-state index in [1.807, 2.05) is 0 Å². The Hall–Kier alpha value is -1.84. The molecule has 4 heteroatoms. The van der Waals surface area contributed by atoms with E-state index in [0.29, 0.717) is 5.82 Å². The summed E-state index contributed by atoms with van der Waals surface area (Å²) < 4.78 is 14.7. The molecule has 0 spiro atoms. The second-order valence-corrected chi connectivity index (χ2v) is 5.83. The zero-order chi connectivity index (χ0) is 13.6. The monoisotopic (exact) mass is 259 g/mol. The number of aromatic nitrogens is 2. The zero-order valence-electron chi connectivity index (χ0n) is 11.3. The summed E-state index contributed by atoms with van der Waals surface area (Å²) in [5.41, 5.74) is 9.39. The highest BCUT2D eigenvalue weighted by atomic mass is 19.1. The molecule has 2 N–H and O–H groups in total. The Balaban J connectivity index is 2.15. The van der Waals surface area contributed by atoms with Gasteiger partial charge in [-0.15, -0.1) is 0 Å². The van der Waals surface area contributed by atoms with Gasteiger partial charge in [-0.1, -0.05) is 13.8 Å². The van der Waals surface area contributed by atoms with E-state index < -0.39 is 0 Å². The Labute approximate surface area is 112 Å². The fraction of sp³-hybridized carbons (Fsp3) is 0.400. The molecule has 1 aromatic heterocycles. The normalized spacial score (nSPS) is 17.2. The fourth-order valence-corrected chi connectivity index (χ4v) is 2.99. The lowest BCUT2D eigenvalue weighted by Gasteiger charge is -2.29. The highest BCUT2D eigenvalue weighted by molar-refractivity contribution is 5.54. The van der Waals surface area contributed by atoms with Crippen molar-refractivity contribution in [3.8, 4) is 5.69 Å². The average Bonchev–Trinajstić information content (AvgIpc) is 2.69. The molecule has 0 bridgehead atoms. The van der Waals surface area contributed by atoms with Crippen LogP contribution < -0.4 is 5.73 Å². The van der Waals surface area contributed by atoms with E-state index in [0.717, 1.165) is 36.2 Å². The van der Waals surface area contributed by atoms with Crippen LogP contribution in [0.3, 0.4) is 0 Å². The van der Waals surface area contributed by atoms with E-state index in [1.54, 1.807) is 16.8 Å². The van der Waals surface area contributed by atoms with Gasteiger partial charge in [0.2, 0.25) is 0 Å². The minimum Gasteiger partial charge on any atom is -0.383 e. The summed E-state index contributed by atoms with van der Waals surface area (Å²) in [6, 6.07) is 6.27. The summed E-state index contributed by atoms with van der Waals surface area (Å²) in [6.45, 7) is 4.41. The van der Waals surface area contributed by atoms with E-state index >= 15 is 0 Å². The highest BCUT2D eigenvalue weighted by Crippen LogP contribution is 2.40. The molecule has 1 heterocycles. The van der Waals surface area contributed by atoms with Gasteiger partial charge in [0, 0.05) is 5.56 Å². The van der Waals surface area contributed by atoms with Crippen molar-refractivity contribution in [2.75, 3.05) is 5.73 Å². The van der Waals surface area contributed by atoms with Crippen molar-refractivity contribution in [3.05, 3.63) is 41.3 Å². The largest absolute Gasteiger partial charge is 0.383 e. The topological polar surface area (TPSA) is 43.8 Å². The second kappa shape index (κ2) is 4.08. The lowest BCUT2D eigenvalue weighted by molar-refractivity contribution is 0.432. The number of nitrogens with zero attached hydrogens (tertiary/aromatic N) is 2. The van der Waals surface area contributed by atoms with Gasteiger partial charge in [-0.05, 0) is 48.9 Å². The van der Waals surface area contributed by atoms with Gasteiger partial charge >= 0.3 is 0 Å². The summed E-state index contributed by atoms with van der Waals surface area (Å²) in [5.74, 6) is 0.436. The van der Waals surface area contributed by atoms with Crippen LogP contribution in [0.15, 0.2) is 24.3 Å². The molecular formula is C15H18FN3. The molecule has 1 aromatic carbocycles. The first-order valence-corrected chi connectivity index (χ1v) is 6.63. The number of hydrogen-bond donors (Lipinski definition) is 1. The van der Waals surface area contributed by atoms with Gasteiger partial charge in [0.15, 0.2) is 0 Å². The number of nitrogens with two attached hydrogens (primary N) is 1. The summed E-state index contributed by atoms with van der Waals surface area (Å²) in [5, 5.41) is 4.62. The van der Waals surface area contributed by atoms with Crippen LogP contribution in [0.25, 0.3) is 5.69 Å². The van der Waals surface area contributed by atoms with Crippen molar-refractivity contribution in [1.82, 2.24) is 9.78 Å². The predicted molar refractivity (Wildman–Crippen MR) is 73.9 cm³/mol. The van der Waals surface area contributed by atoms with Gasteiger partial charge in [-0.3, -0.25) is 0 Å². The number of rotatable bonds is 1. The lowest BCUT2D eigenvalue weighted by atomic mass is 9.75. The van der Waals surface area contributed by atoms with Gasteiger partial charge in [-0.25, -0.2) is 9.07 Å². The van der Waals surface area contributed by atoms with Gasteiger partial charge in [0.05, 0.1) is 11.4 Å². The number of aryl methyl sites for hydroxylation is 1. The number of benzene rings is 1. The highest BCUT2D eigenvalue weighted by Gasteiger charge is 2.33. The van der Waals surface area contributed by atoms with Gasteiger partial charge in [0.25, 0.3) is 0 Å². The SMILES string of the molecule is CC1(C)CCCc2nn(-c3ccc(F)cc3)c(N)c21.